The van der Waals surface area contributed by atoms with Gasteiger partial charge in [-0.2, -0.15) is 4.72 Å². The SMILES string of the molecule is O=C(Nc1ccccc1Oc1ccccc1)[C@@H](Cc1ccccc1)NS(=O)(=O)c1cc(Cl)ccc1Cl. The monoisotopic (exact) mass is 540 g/mol. The molecule has 0 saturated heterocycles. The average Bonchev–Trinajstić information content (AvgIpc) is 2.87. The van der Waals surface area contributed by atoms with Crippen molar-refractivity contribution in [2.24, 2.45) is 0 Å². The fraction of sp³-hybridized carbons (Fsp3) is 0.0741. The zero-order valence-corrected chi connectivity index (χ0v) is 21.2. The van der Waals surface area contributed by atoms with Crippen LogP contribution < -0.4 is 14.8 Å². The molecule has 4 aromatic rings. The number of anilines is 1. The molecule has 0 bridgehead atoms. The zero-order chi connectivity index (χ0) is 25.5. The van der Waals surface area contributed by atoms with Gasteiger partial charge in [0.15, 0.2) is 5.75 Å². The van der Waals surface area contributed by atoms with E-state index in [0.717, 1.165) is 5.56 Å². The summed E-state index contributed by atoms with van der Waals surface area (Å²) in [6.07, 6.45) is 0.103. The summed E-state index contributed by atoms with van der Waals surface area (Å²) < 4.78 is 34.8. The van der Waals surface area contributed by atoms with Gasteiger partial charge in [0.05, 0.1) is 10.7 Å². The number of amides is 1. The second-order valence-electron chi connectivity index (χ2n) is 7.84. The van der Waals surface area contributed by atoms with Crippen LogP contribution in [0.3, 0.4) is 0 Å². The van der Waals surface area contributed by atoms with Crippen molar-refractivity contribution in [3.8, 4) is 11.5 Å². The Balaban J connectivity index is 1.62. The number of hydrogen-bond donors (Lipinski definition) is 2. The smallest absolute Gasteiger partial charge is 0.243 e. The molecule has 9 heteroatoms. The number of carbonyl (C=O) groups excluding carboxylic acids is 1. The lowest BCUT2D eigenvalue weighted by Crippen LogP contribution is -2.45. The number of halogens is 2. The molecule has 36 heavy (non-hydrogen) atoms. The van der Waals surface area contributed by atoms with Gasteiger partial charge in [-0.1, -0.05) is 83.9 Å². The molecular weight excluding hydrogens is 519 g/mol. The largest absolute Gasteiger partial charge is 0.455 e. The summed E-state index contributed by atoms with van der Waals surface area (Å²) >= 11 is 12.1. The van der Waals surface area contributed by atoms with Gasteiger partial charge in [0.25, 0.3) is 0 Å². The number of nitrogens with one attached hydrogen (secondary N) is 2. The summed E-state index contributed by atoms with van der Waals surface area (Å²) in [5.74, 6) is 0.442. The Hall–Kier alpha value is -3.36. The van der Waals surface area contributed by atoms with Gasteiger partial charge < -0.3 is 10.1 Å². The van der Waals surface area contributed by atoms with Crippen LogP contribution in [-0.2, 0) is 21.2 Å². The van der Waals surface area contributed by atoms with E-state index >= 15 is 0 Å². The Labute approximate surface area is 219 Å². The molecule has 0 radical (unpaired) electrons. The van der Waals surface area contributed by atoms with Gasteiger partial charge in [0.2, 0.25) is 15.9 Å². The summed E-state index contributed by atoms with van der Waals surface area (Å²) in [7, 11) is -4.19. The Bertz CT molecular complexity index is 1450. The van der Waals surface area contributed by atoms with Gasteiger partial charge in [-0.3, -0.25) is 4.79 Å². The highest BCUT2D eigenvalue weighted by Gasteiger charge is 2.28. The van der Waals surface area contributed by atoms with Crippen molar-refractivity contribution < 1.29 is 17.9 Å². The van der Waals surface area contributed by atoms with Crippen LogP contribution in [0.2, 0.25) is 10.0 Å². The topological polar surface area (TPSA) is 84.5 Å². The van der Waals surface area contributed by atoms with Crippen molar-refractivity contribution in [3.63, 3.8) is 0 Å². The van der Waals surface area contributed by atoms with Crippen LogP contribution in [0.4, 0.5) is 5.69 Å². The number of benzene rings is 4. The van der Waals surface area contributed by atoms with E-state index in [4.69, 9.17) is 27.9 Å². The third-order valence-electron chi connectivity index (χ3n) is 5.20. The van der Waals surface area contributed by atoms with Crippen molar-refractivity contribution in [1.82, 2.24) is 4.72 Å². The normalized spacial score (nSPS) is 12.1. The summed E-state index contributed by atoms with van der Waals surface area (Å²) in [5, 5.41) is 3.00. The van der Waals surface area contributed by atoms with Gasteiger partial charge in [0, 0.05) is 5.02 Å². The number of sulfonamides is 1. The Morgan fingerprint density at radius 3 is 2.19 bits per heavy atom. The second-order valence-corrected chi connectivity index (χ2v) is 10.4. The van der Waals surface area contributed by atoms with E-state index in [9.17, 15) is 13.2 Å². The number of para-hydroxylation sites is 3. The molecule has 6 nitrogen and oxygen atoms in total. The first-order valence-corrected chi connectivity index (χ1v) is 13.2. The zero-order valence-electron chi connectivity index (χ0n) is 18.9. The molecule has 184 valence electrons. The molecule has 0 aromatic heterocycles. The Morgan fingerprint density at radius 2 is 1.47 bits per heavy atom. The first-order chi connectivity index (χ1) is 17.3. The van der Waals surface area contributed by atoms with Gasteiger partial charge in [-0.05, 0) is 54.4 Å². The Morgan fingerprint density at radius 1 is 0.833 bits per heavy atom. The van der Waals surface area contributed by atoms with E-state index in [1.807, 2.05) is 48.5 Å². The molecule has 0 saturated carbocycles. The van der Waals surface area contributed by atoms with Crippen molar-refractivity contribution in [2.45, 2.75) is 17.4 Å². The maximum atomic E-state index is 13.4. The van der Waals surface area contributed by atoms with E-state index in [2.05, 4.69) is 10.0 Å². The van der Waals surface area contributed by atoms with Crippen molar-refractivity contribution in [2.75, 3.05) is 5.32 Å². The van der Waals surface area contributed by atoms with Crippen LogP contribution in [0.15, 0.2) is 108 Å². The molecule has 1 atom stereocenters. The molecule has 0 aliphatic carbocycles. The fourth-order valence-electron chi connectivity index (χ4n) is 3.47. The third kappa shape index (κ3) is 6.65. The van der Waals surface area contributed by atoms with E-state index in [1.54, 1.807) is 36.4 Å². The molecule has 0 spiro atoms. The average molecular weight is 541 g/mol. The van der Waals surface area contributed by atoms with Gasteiger partial charge >= 0.3 is 0 Å². The highest BCUT2D eigenvalue weighted by atomic mass is 35.5. The number of rotatable bonds is 9. The number of ether oxygens (including phenoxy) is 1. The van der Waals surface area contributed by atoms with Crippen LogP contribution in [-0.4, -0.2) is 20.4 Å². The third-order valence-corrected chi connectivity index (χ3v) is 7.38. The minimum absolute atomic E-state index is 0.00706. The lowest BCUT2D eigenvalue weighted by Gasteiger charge is -2.20. The van der Waals surface area contributed by atoms with E-state index < -0.39 is 22.0 Å². The first kappa shape index (κ1) is 25.7. The lowest BCUT2D eigenvalue weighted by atomic mass is 10.1. The maximum Gasteiger partial charge on any atom is 0.243 e. The summed E-state index contributed by atoms with van der Waals surface area (Å²) in [4.78, 5) is 13.2. The minimum atomic E-state index is -4.19. The van der Waals surface area contributed by atoms with Crippen LogP contribution in [0, 0.1) is 0 Å². The van der Waals surface area contributed by atoms with E-state index in [-0.39, 0.29) is 21.4 Å². The van der Waals surface area contributed by atoms with Crippen LogP contribution in [0.25, 0.3) is 0 Å². The molecule has 0 aliphatic rings. The molecule has 4 aromatic carbocycles. The highest BCUT2D eigenvalue weighted by Crippen LogP contribution is 2.30. The predicted molar refractivity (Wildman–Crippen MR) is 142 cm³/mol. The predicted octanol–water partition coefficient (Wildman–Crippen LogP) is 6.31. The molecule has 1 amide bonds. The van der Waals surface area contributed by atoms with Crippen molar-refractivity contribution in [1.29, 1.82) is 0 Å². The molecule has 0 fully saturated rings. The highest BCUT2D eigenvalue weighted by molar-refractivity contribution is 7.89. The summed E-state index contributed by atoms with van der Waals surface area (Å²) in [5.41, 5.74) is 1.16. The van der Waals surface area contributed by atoms with Crippen molar-refractivity contribution in [3.05, 3.63) is 119 Å². The Kier molecular flexibility index (Phi) is 8.28. The molecule has 2 N–H and O–H groups in total. The molecule has 0 aliphatic heterocycles. The van der Waals surface area contributed by atoms with Crippen molar-refractivity contribution >= 4 is 44.8 Å². The van der Waals surface area contributed by atoms with Gasteiger partial charge in [0.1, 0.15) is 16.7 Å². The lowest BCUT2D eigenvalue weighted by molar-refractivity contribution is -0.117. The van der Waals surface area contributed by atoms with Gasteiger partial charge in [-0.25, -0.2) is 8.42 Å². The second kappa shape index (κ2) is 11.6. The quantitative estimate of drug-likeness (QED) is 0.260. The number of carbonyl (C=O) groups is 1. The first-order valence-electron chi connectivity index (χ1n) is 11.0. The van der Waals surface area contributed by atoms with E-state index in [0.29, 0.717) is 17.2 Å². The summed E-state index contributed by atoms with van der Waals surface area (Å²) in [6.45, 7) is 0. The van der Waals surface area contributed by atoms with Crippen LogP contribution in [0.1, 0.15) is 5.56 Å². The van der Waals surface area contributed by atoms with Crippen LogP contribution in [0.5, 0.6) is 11.5 Å². The molecule has 0 heterocycles. The maximum absolute atomic E-state index is 13.4. The molecular formula is C27H22Cl2N2O4S. The number of hydrogen-bond acceptors (Lipinski definition) is 4. The standard InChI is InChI=1S/C27H22Cl2N2O4S/c28-20-15-16-22(29)26(18-20)36(33,34)31-24(17-19-9-3-1-4-10-19)27(32)30-23-13-7-8-14-25(23)35-21-11-5-2-6-12-21/h1-16,18,24,31H,17H2,(H,30,32)/t24-/m1/s1. The molecule has 0 unspecified atom stereocenters. The van der Waals surface area contributed by atoms with Crippen LogP contribution >= 0.6 is 23.2 Å². The minimum Gasteiger partial charge on any atom is -0.455 e. The fourth-order valence-corrected chi connectivity index (χ4v) is 5.42. The van der Waals surface area contributed by atoms with Gasteiger partial charge in [-0.15, -0.1) is 0 Å². The summed E-state index contributed by atoms with van der Waals surface area (Å²) in [6, 6.07) is 28.1. The van der Waals surface area contributed by atoms with E-state index in [1.165, 1.54) is 18.2 Å². The molecule has 4 rings (SSSR count).